The number of ketones is 1. The molecule has 2 saturated heterocycles. The minimum Gasteiger partial charge on any atom is -0.367 e. The van der Waals surface area contributed by atoms with Gasteiger partial charge in [0.2, 0.25) is 5.78 Å². The maximum absolute atomic E-state index is 13.2. The minimum absolute atomic E-state index is 0.133. The van der Waals surface area contributed by atoms with Gasteiger partial charge in [-0.2, -0.15) is 13.2 Å². The number of carbonyl (C=O) groups is 1. The number of hydrogen-bond donors (Lipinski definition) is 0. The van der Waals surface area contributed by atoms with Crippen LogP contribution in [0.3, 0.4) is 0 Å². The van der Waals surface area contributed by atoms with Gasteiger partial charge < -0.3 is 9.64 Å². The zero-order valence-corrected chi connectivity index (χ0v) is 12.3. The second kappa shape index (κ2) is 5.06. The number of carbonyl (C=O) groups excluding carboxylic acids is 1. The fraction of sp³-hybridized carbons (Fsp3) is 0.500. The third-order valence-corrected chi connectivity index (χ3v) is 4.74. The molecular weight excluding hydrogens is 309 g/mol. The predicted molar refractivity (Wildman–Crippen MR) is 75.6 cm³/mol. The van der Waals surface area contributed by atoms with E-state index < -0.39 is 23.6 Å². The summed E-state index contributed by atoms with van der Waals surface area (Å²) in [6.07, 6.45) is 0.119. The zero-order chi connectivity index (χ0) is 16.2. The molecule has 0 radical (unpaired) electrons. The number of halogens is 3. The van der Waals surface area contributed by atoms with Gasteiger partial charge in [-0.25, -0.2) is 0 Å². The molecule has 0 bridgehead atoms. The van der Waals surface area contributed by atoms with Gasteiger partial charge in [0.15, 0.2) is 6.10 Å². The van der Waals surface area contributed by atoms with Crippen molar-refractivity contribution in [2.75, 3.05) is 13.2 Å². The molecule has 4 rings (SSSR count). The van der Waals surface area contributed by atoms with E-state index in [9.17, 15) is 18.0 Å². The lowest BCUT2D eigenvalue weighted by Gasteiger charge is -2.46. The maximum atomic E-state index is 13.2. The first-order valence-corrected chi connectivity index (χ1v) is 7.67. The van der Waals surface area contributed by atoms with Crippen molar-refractivity contribution < 1.29 is 22.7 Å². The number of alkyl halides is 3. The number of nitrogens with zero attached hydrogens (tertiary/aromatic N) is 2. The minimum atomic E-state index is -4.52. The van der Waals surface area contributed by atoms with Crippen LogP contribution in [0, 0.1) is 0 Å². The van der Waals surface area contributed by atoms with Gasteiger partial charge in [0, 0.05) is 18.3 Å². The summed E-state index contributed by atoms with van der Waals surface area (Å²) in [5.41, 5.74) is -0.548. The van der Waals surface area contributed by atoms with Crippen LogP contribution in [-0.4, -0.2) is 41.0 Å². The first-order valence-electron chi connectivity index (χ1n) is 7.67. The van der Waals surface area contributed by atoms with Crippen molar-refractivity contribution >= 4 is 11.9 Å². The normalized spacial score (nSPS) is 27.0. The molecule has 0 spiro atoms. The largest absolute Gasteiger partial charge is 0.417 e. The van der Waals surface area contributed by atoms with E-state index in [1.54, 1.807) is 0 Å². The smallest absolute Gasteiger partial charge is 0.367 e. The number of hydrogen-bond acceptors (Lipinski definition) is 4. The molecule has 2 unspecified atom stereocenters. The van der Waals surface area contributed by atoms with E-state index in [2.05, 4.69) is 4.98 Å². The van der Waals surface area contributed by atoms with Crippen LogP contribution in [0.15, 0.2) is 18.0 Å². The van der Waals surface area contributed by atoms with Gasteiger partial charge in [-0.15, -0.1) is 0 Å². The highest BCUT2D eigenvalue weighted by Gasteiger charge is 2.44. The second-order valence-electron chi connectivity index (χ2n) is 6.11. The van der Waals surface area contributed by atoms with Crippen molar-refractivity contribution in [1.29, 1.82) is 0 Å². The molecule has 2 aliphatic heterocycles. The van der Waals surface area contributed by atoms with Crippen LogP contribution in [0.1, 0.15) is 40.9 Å². The van der Waals surface area contributed by atoms with Crippen LogP contribution in [0.5, 0.6) is 0 Å². The molecule has 0 aromatic carbocycles. The molecule has 0 N–H and O–H groups in total. The summed E-state index contributed by atoms with van der Waals surface area (Å²) in [6, 6.07) is 1.06. The van der Waals surface area contributed by atoms with Crippen molar-refractivity contribution in [2.24, 2.45) is 0 Å². The quantitative estimate of drug-likeness (QED) is 0.736. The number of ether oxygens (including phenoxy) is 1. The molecule has 122 valence electrons. The summed E-state index contributed by atoms with van der Waals surface area (Å²) < 4.78 is 45.4. The molecule has 1 aromatic rings. The summed E-state index contributed by atoms with van der Waals surface area (Å²) in [5.74, 6) is -0.479. The molecule has 4 nitrogen and oxygen atoms in total. The van der Waals surface area contributed by atoms with Gasteiger partial charge >= 0.3 is 6.18 Å². The number of aromatic nitrogens is 1. The summed E-state index contributed by atoms with van der Waals surface area (Å²) >= 11 is 0. The van der Waals surface area contributed by atoms with Crippen molar-refractivity contribution in [2.45, 2.75) is 37.6 Å². The predicted octanol–water partition coefficient (Wildman–Crippen LogP) is 2.89. The number of Topliss-reactive ketones (excluding diaryl/α,β-unsaturated/α-hetero) is 1. The topological polar surface area (TPSA) is 42.4 Å². The van der Waals surface area contributed by atoms with Crippen LogP contribution in [0.25, 0.3) is 6.08 Å². The van der Waals surface area contributed by atoms with Crippen LogP contribution in [-0.2, 0) is 10.9 Å². The van der Waals surface area contributed by atoms with E-state index in [1.807, 2.05) is 4.90 Å². The van der Waals surface area contributed by atoms with E-state index in [-0.39, 0.29) is 17.3 Å². The summed E-state index contributed by atoms with van der Waals surface area (Å²) in [4.78, 5) is 18.5. The van der Waals surface area contributed by atoms with Crippen LogP contribution >= 0.6 is 0 Å². The standard InChI is InChI=1S/C16H15F3N2O2/c17-16(18,19)11-4-5-20-13-10(11)7-12-15(14(13)22)23-8-9-3-1-2-6-21(9)12/h4-5,7,9,15H,1-3,6,8H2. The van der Waals surface area contributed by atoms with Crippen molar-refractivity contribution in [3.8, 4) is 0 Å². The Morgan fingerprint density at radius 1 is 1.30 bits per heavy atom. The maximum Gasteiger partial charge on any atom is 0.417 e. The Morgan fingerprint density at radius 3 is 2.91 bits per heavy atom. The highest BCUT2D eigenvalue weighted by molar-refractivity contribution is 6.06. The second-order valence-corrected chi connectivity index (χ2v) is 6.11. The molecule has 2 atom stereocenters. The Labute approximate surface area is 130 Å². The van der Waals surface area contributed by atoms with Gasteiger partial charge in [0.1, 0.15) is 5.69 Å². The molecular formula is C16H15F3N2O2. The molecule has 7 heteroatoms. The van der Waals surface area contributed by atoms with Crippen molar-refractivity contribution in [1.82, 2.24) is 9.88 Å². The number of piperidine rings is 1. The average Bonchev–Trinajstić information content (AvgIpc) is 2.53. The van der Waals surface area contributed by atoms with E-state index in [0.717, 1.165) is 38.1 Å². The molecule has 3 aliphatic rings. The summed E-state index contributed by atoms with van der Waals surface area (Å²) in [5, 5.41) is 0. The van der Waals surface area contributed by atoms with E-state index in [4.69, 9.17) is 4.74 Å². The first-order chi connectivity index (χ1) is 11.0. The number of morpholine rings is 1. The van der Waals surface area contributed by atoms with Crippen molar-refractivity contribution in [3.63, 3.8) is 0 Å². The Bertz CT molecular complexity index is 699. The fourth-order valence-electron chi connectivity index (χ4n) is 3.66. The highest BCUT2D eigenvalue weighted by atomic mass is 19.4. The number of rotatable bonds is 0. The summed E-state index contributed by atoms with van der Waals surface area (Å²) in [7, 11) is 0. The van der Waals surface area contributed by atoms with Crippen LogP contribution in [0.4, 0.5) is 13.2 Å². The summed E-state index contributed by atoms with van der Waals surface area (Å²) in [6.45, 7) is 1.18. The number of fused-ring (bicyclic) bond motifs is 4. The van der Waals surface area contributed by atoms with Crippen LogP contribution < -0.4 is 0 Å². The monoisotopic (exact) mass is 324 g/mol. The molecule has 1 aromatic heterocycles. The molecule has 1 aliphatic carbocycles. The van der Waals surface area contributed by atoms with Crippen molar-refractivity contribution in [3.05, 3.63) is 34.8 Å². The Hall–Kier alpha value is -1.89. The molecule has 2 fully saturated rings. The SMILES string of the molecule is O=C1c2nccc(C(F)(F)F)c2C=C2C1OCC1CCCCN21. The Morgan fingerprint density at radius 2 is 2.13 bits per heavy atom. The third-order valence-electron chi connectivity index (χ3n) is 4.74. The van der Waals surface area contributed by atoms with Gasteiger partial charge in [0.05, 0.1) is 23.9 Å². The van der Waals surface area contributed by atoms with E-state index >= 15 is 0 Å². The fourth-order valence-corrected chi connectivity index (χ4v) is 3.66. The van der Waals surface area contributed by atoms with Crippen LogP contribution in [0.2, 0.25) is 0 Å². The third kappa shape index (κ3) is 2.25. The molecule has 3 heterocycles. The molecule has 0 amide bonds. The average molecular weight is 324 g/mol. The Balaban J connectivity index is 1.86. The first kappa shape index (κ1) is 14.7. The van der Waals surface area contributed by atoms with Gasteiger partial charge in [-0.1, -0.05) is 0 Å². The number of pyridine rings is 1. The zero-order valence-electron chi connectivity index (χ0n) is 12.3. The highest BCUT2D eigenvalue weighted by Crippen LogP contribution is 2.40. The Kier molecular flexibility index (Phi) is 3.23. The lowest BCUT2D eigenvalue weighted by molar-refractivity contribution is -0.137. The van der Waals surface area contributed by atoms with Gasteiger partial charge in [-0.3, -0.25) is 9.78 Å². The van der Waals surface area contributed by atoms with Gasteiger partial charge in [-0.05, 0) is 31.4 Å². The molecule has 23 heavy (non-hydrogen) atoms. The lowest BCUT2D eigenvalue weighted by atomic mass is 9.88. The lowest BCUT2D eigenvalue weighted by Crippen LogP contribution is -2.53. The molecule has 0 saturated carbocycles. The van der Waals surface area contributed by atoms with Gasteiger partial charge in [0.25, 0.3) is 0 Å². The van der Waals surface area contributed by atoms with E-state index in [1.165, 1.54) is 6.08 Å². The van der Waals surface area contributed by atoms with E-state index in [0.29, 0.717) is 12.3 Å².